The smallest absolute Gasteiger partial charge is 0.548 e. The van der Waals surface area contributed by atoms with Crippen LogP contribution in [0.25, 0.3) is 11.1 Å². The van der Waals surface area contributed by atoms with Gasteiger partial charge in [0, 0.05) is 29.4 Å². The Bertz CT molecular complexity index is 1470. The molecule has 0 aliphatic rings. The van der Waals surface area contributed by atoms with Gasteiger partial charge in [0.05, 0.1) is 12.0 Å². The number of rotatable bonds is 12. The van der Waals surface area contributed by atoms with E-state index in [1.165, 1.54) is 11.8 Å². The molecule has 0 aromatic heterocycles. The summed E-state index contributed by atoms with van der Waals surface area (Å²) in [6.07, 6.45) is 2.19. The van der Waals surface area contributed by atoms with Crippen LogP contribution in [0.15, 0.2) is 97.1 Å². The number of hydrogen-bond acceptors (Lipinski definition) is 5. The largest absolute Gasteiger partial charge is 1.00 e. The Morgan fingerprint density at radius 1 is 0.878 bits per heavy atom. The first-order valence-corrected chi connectivity index (χ1v) is 14.9. The number of nitrogens with one attached hydrogen (secondary N) is 1. The topological polar surface area (TPSA) is 72.5 Å². The molecule has 0 unspecified atom stereocenters. The second-order valence-electron chi connectivity index (χ2n) is 9.64. The minimum Gasteiger partial charge on any atom is -0.548 e. The maximum absolute atomic E-state index is 13.4. The van der Waals surface area contributed by atoms with E-state index in [1.54, 1.807) is 6.07 Å². The third kappa shape index (κ3) is 8.92. The molecule has 4 aromatic carbocycles. The summed E-state index contributed by atoms with van der Waals surface area (Å²) < 4.78 is 0. The van der Waals surface area contributed by atoms with E-state index in [0.717, 1.165) is 33.5 Å². The molecule has 0 spiro atoms. The maximum atomic E-state index is 13.4. The van der Waals surface area contributed by atoms with Gasteiger partial charge in [-0.15, -0.1) is 0 Å². The molecular formula is C33H32ClLiN2O3S. The third-order valence-electron chi connectivity index (χ3n) is 6.73. The Balaban J connectivity index is 0.00000462. The molecule has 206 valence electrons. The molecule has 8 heteroatoms. The van der Waals surface area contributed by atoms with Crippen molar-refractivity contribution < 1.29 is 33.6 Å². The Kier molecular flexibility index (Phi) is 12.4. The molecular weight excluding hydrogens is 547 g/mol. The van der Waals surface area contributed by atoms with Crippen LogP contribution in [0, 0.1) is 6.92 Å². The number of carboxylic acids is 1. The average Bonchev–Trinajstić information content (AvgIpc) is 2.95. The van der Waals surface area contributed by atoms with Crippen molar-refractivity contribution in [2.24, 2.45) is 0 Å². The van der Waals surface area contributed by atoms with E-state index in [0.29, 0.717) is 35.8 Å². The number of carbonyl (C=O) groups is 2. The van der Waals surface area contributed by atoms with Crippen LogP contribution >= 0.6 is 23.4 Å². The molecule has 0 saturated carbocycles. The van der Waals surface area contributed by atoms with Gasteiger partial charge in [0.1, 0.15) is 0 Å². The van der Waals surface area contributed by atoms with E-state index in [4.69, 9.17) is 11.6 Å². The second kappa shape index (κ2) is 15.7. The Morgan fingerprint density at radius 3 is 2.27 bits per heavy atom. The quantitative estimate of drug-likeness (QED) is 0.262. The number of aliphatic carboxylic acids is 1. The van der Waals surface area contributed by atoms with Gasteiger partial charge in [-0.3, -0.25) is 4.79 Å². The molecule has 5 nitrogen and oxygen atoms in total. The normalized spacial score (nSPS) is 11.3. The fourth-order valence-corrected chi connectivity index (χ4v) is 5.30. The summed E-state index contributed by atoms with van der Waals surface area (Å²) in [5.41, 5.74) is 6.26. The summed E-state index contributed by atoms with van der Waals surface area (Å²) in [6.45, 7) is 3.25. The molecule has 0 heterocycles. The number of anilines is 1. The molecule has 41 heavy (non-hydrogen) atoms. The molecule has 0 saturated heterocycles. The van der Waals surface area contributed by atoms with E-state index in [9.17, 15) is 14.7 Å². The third-order valence-corrected chi connectivity index (χ3v) is 7.61. The van der Waals surface area contributed by atoms with E-state index < -0.39 is 17.9 Å². The van der Waals surface area contributed by atoms with Gasteiger partial charge in [-0.2, -0.15) is 11.8 Å². The number of nitrogens with zero attached hydrogens (tertiary/aromatic N) is 1. The van der Waals surface area contributed by atoms with Crippen molar-refractivity contribution >= 4 is 40.9 Å². The minimum atomic E-state index is -1.28. The summed E-state index contributed by atoms with van der Waals surface area (Å²) >= 11 is 7.87. The van der Waals surface area contributed by atoms with E-state index in [-0.39, 0.29) is 18.9 Å². The molecule has 1 amide bonds. The molecule has 4 rings (SSSR count). The van der Waals surface area contributed by atoms with Crippen molar-refractivity contribution in [1.82, 2.24) is 5.32 Å². The van der Waals surface area contributed by atoms with Gasteiger partial charge in [-0.25, -0.2) is 0 Å². The summed E-state index contributed by atoms with van der Waals surface area (Å²) in [4.78, 5) is 27.4. The number of benzene rings is 4. The standard InChI is InChI=1S/C33H33ClN2O3S.Li/c1-23-9-6-7-14-28(23)30-19-25(15-16-29(30)32(37)35-31(33(38)39)17-18-40-2)22-36(21-24-10-4-3-5-11-24)27-13-8-12-26(34)20-27;/h3-16,19-20,31H,17-18,21-22H2,1-2H3,(H,35,37)(H,38,39);/q;+1/p-1/t31-;/m0./s1. The fourth-order valence-electron chi connectivity index (χ4n) is 4.64. The number of carboxylic acid groups (broad SMARTS) is 1. The molecule has 4 aromatic rings. The molecule has 0 radical (unpaired) electrons. The van der Waals surface area contributed by atoms with Crippen LogP contribution < -0.4 is 34.2 Å². The van der Waals surface area contributed by atoms with E-state index >= 15 is 0 Å². The van der Waals surface area contributed by atoms with Gasteiger partial charge in [-0.1, -0.05) is 78.3 Å². The molecule has 1 atom stereocenters. The zero-order valence-corrected chi connectivity index (χ0v) is 25.2. The van der Waals surface area contributed by atoms with Crippen molar-refractivity contribution in [1.29, 1.82) is 0 Å². The van der Waals surface area contributed by atoms with Crippen molar-refractivity contribution in [3.63, 3.8) is 0 Å². The second-order valence-corrected chi connectivity index (χ2v) is 11.1. The van der Waals surface area contributed by atoms with Gasteiger partial charge < -0.3 is 20.1 Å². The Labute approximate surface area is 263 Å². The van der Waals surface area contributed by atoms with Gasteiger partial charge in [-0.05, 0) is 83.5 Å². The number of aryl methyl sites for hydroxylation is 1. The Morgan fingerprint density at radius 2 is 1.59 bits per heavy atom. The summed E-state index contributed by atoms with van der Waals surface area (Å²) in [6, 6.07) is 30.5. The molecule has 0 aliphatic carbocycles. The van der Waals surface area contributed by atoms with Gasteiger partial charge in [0.2, 0.25) is 0 Å². The summed E-state index contributed by atoms with van der Waals surface area (Å²) in [5, 5.41) is 15.1. The van der Waals surface area contributed by atoms with Gasteiger partial charge >= 0.3 is 18.9 Å². The summed E-state index contributed by atoms with van der Waals surface area (Å²) in [7, 11) is 0. The first-order chi connectivity index (χ1) is 19.4. The van der Waals surface area contributed by atoms with Crippen LogP contribution in [0.4, 0.5) is 5.69 Å². The first-order valence-electron chi connectivity index (χ1n) is 13.1. The zero-order chi connectivity index (χ0) is 28.5. The zero-order valence-electron chi connectivity index (χ0n) is 23.6. The number of thioether (sulfide) groups is 1. The predicted molar refractivity (Wildman–Crippen MR) is 164 cm³/mol. The summed E-state index contributed by atoms with van der Waals surface area (Å²) in [5.74, 6) is -1.12. The van der Waals surface area contributed by atoms with Crippen LogP contribution in [-0.2, 0) is 17.9 Å². The monoisotopic (exact) mass is 578 g/mol. The van der Waals surface area contributed by atoms with Crippen LogP contribution in [0.1, 0.15) is 33.5 Å². The average molecular weight is 579 g/mol. The Hall–Kier alpha value is -3.14. The maximum Gasteiger partial charge on any atom is 1.00 e. The number of hydrogen-bond donors (Lipinski definition) is 1. The van der Waals surface area contributed by atoms with Crippen LogP contribution in [-0.4, -0.2) is 29.9 Å². The van der Waals surface area contributed by atoms with Gasteiger partial charge in [0.25, 0.3) is 5.91 Å². The van der Waals surface area contributed by atoms with E-state index in [2.05, 4.69) is 22.3 Å². The van der Waals surface area contributed by atoms with Gasteiger partial charge in [0.15, 0.2) is 0 Å². The number of amides is 1. The number of halogens is 1. The SMILES string of the molecule is CSCC[C@H](NC(=O)c1ccc(CN(Cc2ccccc2)c2cccc(Cl)c2)cc1-c1ccccc1C)C(=O)[O-].[Li+]. The molecule has 1 N–H and O–H groups in total. The van der Waals surface area contributed by atoms with E-state index in [1.807, 2.05) is 92.0 Å². The van der Waals surface area contributed by atoms with Crippen LogP contribution in [0.5, 0.6) is 0 Å². The first kappa shape index (κ1) is 32.4. The number of carbonyl (C=O) groups excluding carboxylic acids is 2. The molecule has 0 bridgehead atoms. The molecule has 0 fully saturated rings. The van der Waals surface area contributed by atoms with Crippen LogP contribution in [0.3, 0.4) is 0 Å². The van der Waals surface area contributed by atoms with Crippen molar-refractivity contribution in [3.05, 3.63) is 124 Å². The minimum absolute atomic E-state index is 0. The molecule has 0 aliphatic heterocycles. The van der Waals surface area contributed by atoms with Crippen molar-refractivity contribution in [2.45, 2.75) is 32.5 Å². The van der Waals surface area contributed by atoms with Crippen molar-refractivity contribution in [2.75, 3.05) is 16.9 Å². The predicted octanol–water partition coefficient (Wildman–Crippen LogP) is 3.13. The fraction of sp³-hybridized carbons (Fsp3) is 0.212. The van der Waals surface area contributed by atoms with Crippen LogP contribution in [0.2, 0.25) is 5.02 Å². The van der Waals surface area contributed by atoms with Crippen molar-refractivity contribution in [3.8, 4) is 11.1 Å².